The molecule has 4 aromatic rings. The fourth-order valence-electron chi connectivity index (χ4n) is 5.25. The first-order chi connectivity index (χ1) is 19.7. The van der Waals surface area contributed by atoms with E-state index in [0.717, 1.165) is 22.0 Å². The van der Waals surface area contributed by atoms with Crippen LogP contribution in [0.1, 0.15) is 30.0 Å². The Balaban J connectivity index is 1.33. The first-order valence-electron chi connectivity index (χ1n) is 13.3. The second-order valence-electron chi connectivity index (χ2n) is 10.1. The summed E-state index contributed by atoms with van der Waals surface area (Å²) in [6.45, 7) is 1.69. The van der Waals surface area contributed by atoms with Crippen LogP contribution in [0.3, 0.4) is 0 Å². The zero-order chi connectivity index (χ0) is 29.1. The lowest BCUT2D eigenvalue weighted by atomic mass is 9.82. The summed E-state index contributed by atoms with van der Waals surface area (Å²) in [5.74, 6) is -1.46. The predicted molar refractivity (Wildman–Crippen MR) is 155 cm³/mol. The summed E-state index contributed by atoms with van der Waals surface area (Å²) >= 11 is 0. The van der Waals surface area contributed by atoms with Crippen molar-refractivity contribution < 1.29 is 24.7 Å². The van der Waals surface area contributed by atoms with Gasteiger partial charge in [0.25, 0.3) is 11.6 Å². The van der Waals surface area contributed by atoms with Crippen molar-refractivity contribution in [3.05, 3.63) is 112 Å². The molecular formula is C31H30N4O6. The van der Waals surface area contributed by atoms with Gasteiger partial charge in [0.05, 0.1) is 23.6 Å². The van der Waals surface area contributed by atoms with Crippen LogP contribution in [0, 0.1) is 16.0 Å². The van der Waals surface area contributed by atoms with Crippen LogP contribution in [-0.4, -0.2) is 38.5 Å². The number of hydrogen-bond donors (Lipinski definition) is 4. The van der Waals surface area contributed by atoms with Gasteiger partial charge in [-0.05, 0) is 41.8 Å². The fourth-order valence-corrected chi connectivity index (χ4v) is 5.25. The molecule has 1 aliphatic heterocycles. The number of nitrogens with one attached hydrogen (secondary N) is 2. The standard InChI is InChI=1S/C31H30N4O6/c1-20(6-4-5-15-36)31(39)26-17-24(35(40)41)13-14-28(26)34(30(31)38)19-21-9-11-23(12-10-21)33-29(37)16-22-18-32-27-8-3-2-7-25(22)27/h2-4,6-14,17-18,20,32,36,39H,5,15-16,19H2,1H3,(H,33,37)/b6-4+/t20-,31+/m0/s1. The summed E-state index contributed by atoms with van der Waals surface area (Å²) in [5, 5.41) is 36.1. The highest BCUT2D eigenvalue weighted by Gasteiger charge is 2.53. The summed E-state index contributed by atoms with van der Waals surface area (Å²) in [5.41, 5.74) is 1.52. The van der Waals surface area contributed by atoms with Crippen LogP contribution < -0.4 is 10.2 Å². The van der Waals surface area contributed by atoms with Gasteiger partial charge in [0, 0.05) is 53.0 Å². The predicted octanol–water partition coefficient (Wildman–Crippen LogP) is 4.57. The Morgan fingerprint density at radius 1 is 1.17 bits per heavy atom. The van der Waals surface area contributed by atoms with Crippen LogP contribution in [0.5, 0.6) is 0 Å². The van der Waals surface area contributed by atoms with Gasteiger partial charge >= 0.3 is 0 Å². The summed E-state index contributed by atoms with van der Waals surface area (Å²) in [4.78, 5) is 41.8. The quantitative estimate of drug-likeness (QED) is 0.128. The van der Waals surface area contributed by atoms with Gasteiger partial charge in [-0.15, -0.1) is 0 Å². The van der Waals surface area contributed by atoms with Gasteiger partial charge in [0.15, 0.2) is 5.60 Å². The van der Waals surface area contributed by atoms with E-state index in [0.29, 0.717) is 17.8 Å². The number of non-ortho nitro benzene ring substituents is 1. The highest BCUT2D eigenvalue weighted by Crippen LogP contribution is 2.47. The number of hydrogen-bond acceptors (Lipinski definition) is 6. The number of nitro benzene ring substituents is 1. The Kier molecular flexibility index (Phi) is 7.69. The molecule has 210 valence electrons. The molecule has 1 aliphatic rings. The van der Waals surface area contributed by atoms with Gasteiger partial charge in [-0.25, -0.2) is 0 Å². The number of carbonyl (C=O) groups excluding carboxylic acids is 2. The summed E-state index contributed by atoms with van der Waals surface area (Å²) in [7, 11) is 0. The number of carbonyl (C=O) groups is 2. The molecule has 0 radical (unpaired) electrons. The minimum absolute atomic E-state index is 0.0801. The summed E-state index contributed by atoms with van der Waals surface area (Å²) < 4.78 is 0. The van der Waals surface area contributed by atoms with Gasteiger partial charge in [-0.3, -0.25) is 19.7 Å². The average molecular weight is 555 g/mol. The highest BCUT2D eigenvalue weighted by molar-refractivity contribution is 6.07. The second-order valence-corrected chi connectivity index (χ2v) is 10.1. The largest absolute Gasteiger partial charge is 0.396 e. The maximum absolute atomic E-state index is 13.7. The molecule has 0 fully saturated rings. The highest BCUT2D eigenvalue weighted by atomic mass is 16.6. The number of aromatic amines is 1. The van der Waals surface area contributed by atoms with Crippen molar-refractivity contribution in [2.75, 3.05) is 16.8 Å². The van der Waals surface area contributed by atoms with Crippen molar-refractivity contribution in [2.24, 2.45) is 5.92 Å². The Bertz CT molecular complexity index is 1640. The maximum Gasteiger partial charge on any atom is 0.269 e. The molecule has 0 bridgehead atoms. The number of aliphatic hydroxyl groups excluding tert-OH is 1. The monoisotopic (exact) mass is 554 g/mol. The van der Waals surface area contributed by atoms with Gasteiger partial charge in [-0.2, -0.15) is 0 Å². The molecule has 0 saturated carbocycles. The molecule has 1 aromatic heterocycles. The Labute approximate surface area is 236 Å². The number of rotatable bonds is 10. The van der Waals surface area contributed by atoms with Crippen LogP contribution >= 0.6 is 0 Å². The maximum atomic E-state index is 13.7. The third-order valence-corrected chi connectivity index (χ3v) is 7.45. The van der Waals surface area contributed by atoms with Crippen molar-refractivity contribution in [1.82, 2.24) is 4.98 Å². The fraction of sp³-hybridized carbons (Fsp3) is 0.226. The average Bonchev–Trinajstić information content (AvgIpc) is 3.46. The van der Waals surface area contributed by atoms with Crippen LogP contribution in [0.2, 0.25) is 0 Å². The lowest BCUT2D eigenvalue weighted by Crippen LogP contribution is -2.44. The topological polar surface area (TPSA) is 149 Å². The van der Waals surface area contributed by atoms with E-state index in [1.165, 1.54) is 23.1 Å². The van der Waals surface area contributed by atoms with Gasteiger partial charge < -0.3 is 25.4 Å². The number of para-hydroxylation sites is 1. The van der Waals surface area contributed by atoms with E-state index in [9.17, 15) is 24.8 Å². The Morgan fingerprint density at radius 3 is 2.66 bits per heavy atom. The summed E-state index contributed by atoms with van der Waals surface area (Å²) in [6, 6.07) is 18.9. The van der Waals surface area contributed by atoms with Crippen LogP contribution in [0.15, 0.2) is 85.1 Å². The van der Waals surface area contributed by atoms with Crippen molar-refractivity contribution >= 4 is 39.8 Å². The van der Waals surface area contributed by atoms with E-state index in [1.54, 1.807) is 43.3 Å². The Morgan fingerprint density at radius 2 is 1.93 bits per heavy atom. The van der Waals surface area contributed by atoms with Crippen LogP contribution in [0.25, 0.3) is 10.9 Å². The van der Waals surface area contributed by atoms with E-state index in [1.807, 2.05) is 30.5 Å². The molecule has 2 atom stereocenters. The molecule has 4 N–H and O–H groups in total. The third-order valence-electron chi connectivity index (χ3n) is 7.45. The lowest BCUT2D eigenvalue weighted by molar-refractivity contribution is -0.385. The molecule has 0 spiro atoms. The molecular weight excluding hydrogens is 524 g/mol. The molecule has 0 aliphatic carbocycles. The minimum atomic E-state index is -2.01. The van der Waals surface area contributed by atoms with Gasteiger partial charge in [0.1, 0.15) is 0 Å². The van der Waals surface area contributed by atoms with Crippen LogP contribution in [0.4, 0.5) is 17.1 Å². The van der Waals surface area contributed by atoms with Crippen LogP contribution in [-0.2, 0) is 28.2 Å². The first kappa shape index (κ1) is 27.8. The first-order valence-corrected chi connectivity index (χ1v) is 13.3. The Hall–Kier alpha value is -4.80. The minimum Gasteiger partial charge on any atom is -0.396 e. The molecule has 41 heavy (non-hydrogen) atoms. The normalized spacial score (nSPS) is 17.2. The molecule has 0 unspecified atom stereocenters. The number of amides is 2. The number of nitrogens with zero attached hydrogens (tertiary/aromatic N) is 2. The van der Waals surface area contributed by atoms with E-state index in [-0.39, 0.29) is 36.7 Å². The van der Waals surface area contributed by atoms with Crippen molar-refractivity contribution in [2.45, 2.75) is 31.9 Å². The summed E-state index contributed by atoms with van der Waals surface area (Å²) in [6.07, 6.45) is 5.69. The molecule has 3 aromatic carbocycles. The molecule has 2 amide bonds. The van der Waals surface area contributed by atoms with E-state index >= 15 is 0 Å². The van der Waals surface area contributed by atoms with Crippen molar-refractivity contribution in [3.63, 3.8) is 0 Å². The van der Waals surface area contributed by atoms with E-state index in [2.05, 4.69) is 10.3 Å². The van der Waals surface area contributed by atoms with Gasteiger partial charge in [0.2, 0.25) is 5.91 Å². The number of fused-ring (bicyclic) bond motifs is 2. The van der Waals surface area contributed by atoms with E-state index < -0.39 is 22.3 Å². The smallest absolute Gasteiger partial charge is 0.269 e. The van der Waals surface area contributed by atoms with Gasteiger partial charge in [-0.1, -0.05) is 49.4 Å². The molecule has 10 nitrogen and oxygen atoms in total. The third kappa shape index (κ3) is 5.34. The van der Waals surface area contributed by atoms with E-state index in [4.69, 9.17) is 5.11 Å². The number of benzene rings is 3. The molecule has 10 heteroatoms. The molecule has 0 saturated heterocycles. The number of nitro groups is 1. The SMILES string of the molecule is C[C@@H](/C=C/CCO)[C@]1(O)C(=O)N(Cc2ccc(NC(=O)Cc3c[nH]c4ccccc34)cc2)c2ccc([N+](=O)[O-])cc21. The molecule has 5 rings (SSSR count). The number of anilines is 2. The molecule has 2 heterocycles. The zero-order valence-corrected chi connectivity index (χ0v) is 22.4. The number of aromatic nitrogens is 1. The zero-order valence-electron chi connectivity index (χ0n) is 22.4. The second kappa shape index (κ2) is 11.4. The van der Waals surface area contributed by atoms with Crippen molar-refractivity contribution in [3.8, 4) is 0 Å². The number of H-pyrrole nitrogens is 1. The van der Waals surface area contributed by atoms with Crippen molar-refractivity contribution in [1.29, 1.82) is 0 Å². The number of aliphatic hydroxyl groups is 2. The lowest BCUT2D eigenvalue weighted by Gasteiger charge is -2.27.